The van der Waals surface area contributed by atoms with Gasteiger partial charge in [-0.05, 0) is 43.3 Å². The number of hydrogen-bond donors (Lipinski definition) is 2. The lowest BCUT2D eigenvalue weighted by atomic mass is 10.2. The van der Waals surface area contributed by atoms with E-state index in [1.54, 1.807) is 47.3 Å². The van der Waals surface area contributed by atoms with E-state index in [1.807, 2.05) is 19.1 Å². The molecule has 0 aliphatic carbocycles. The van der Waals surface area contributed by atoms with E-state index in [2.05, 4.69) is 15.7 Å². The first-order chi connectivity index (χ1) is 13.5. The van der Waals surface area contributed by atoms with Crippen LogP contribution < -0.4 is 15.4 Å². The number of likely N-dealkylation sites (N-methyl/N-ethyl adjacent to an activating group) is 1. The van der Waals surface area contributed by atoms with Crippen LogP contribution in [0.5, 0.6) is 5.75 Å². The number of hydrogen-bond acceptors (Lipinski definition) is 4. The van der Waals surface area contributed by atoms with E-state index < -0.39 is 0 Å². The van der Waals surface area contributed by atoms with Crippen LogP contribution in [0, 0.1) is 0 Å². The van der Waals surface area contributed by atoms with Crippen molar-refractivity contribution in [3.8, 4) is 11.4 Å². The molecule has 0 unspecified atom stereocenters. The molecule has 1 heterocycles. The van der Waals surface area contributed by atoms with Crippen LogP contribution in [0.1, 0.15) is 17.3 Å². The van der Waals surface area contributed by atoms with Crippen molar-refractivity contribution < 1.29 is 14.3 Å². The third kappa shape index (κ3) is 5.11. The Kier molecular flexibility index (Phi) is 6.29. The highest BCUT2D eigenvalue weighted by atomic mass is 35.5. The number of aromatic nitrogens is 2. The van der Waals surface area contributed by atoms with Crippen molar-refractivity contribution in [2.45, 2.75) is 6.92 Å². The van der Waals surface area contributed by atoms with Crippen LogP contribution in [-0.4, -0.2) is 34.7 Å². The van der Waals surface area contributed by atoms with Crippen LogP contribution in [0.2, 0.25) is 5.02 Å². The van der Waals surface area contributed by atoms with Gasteiger partial charge in [0.15, 0.2) is 6.61 Å². The Hall–Kier alpha value is -3.32. The molecule has 0 saturated carbocycles. The number of rotatable bonds is 7. The topological polar surface area (TPSA) is 85.2 Å². The zero-order valence-electron chi connectivity index (χ0n) is 15.2. The maximum Gasteiger partial charge on any atom is 0.258 e. The van der Waals surface area contributed by atoms with Gasteiger partial charge in [0.25, 0.3) is 11.8 Å². The minimum absolute atomic E-state index is 0.0842. The Balaban J connectivity index is 1.64. The van der Waals surface area contributed by atoms with Gasteiger partial charge in [-0.15, -0.1) is 0 Å². The molecular weight excluding hydrogens is 380 g/mol. The zero-order chi connectivity index (χ0) is 19.9. The van der Waals surface area contributed by atoms with Gasteiger partial charge in [0.05, 0.1) is 17.4 Å². The maximum atomic E-state index is 12.5. The number of nitrogens with zero attached hydrogens (tertiary/aromatic N) is 2. The summed E-state index contributed by atoms with van der Waals surface area (Å²) in [5, 5.41) is 10.3. The van der Waals surface area contributed by atoms with Gasteiger partial charge in [-0.1, -0.05) is 17.7 Å². The second-order valence-corrected chi connectivity index (χ2v) is 6.31. The molecule has 1 aromatic heterocycles. The highest BCUT2D eigenvalue weighted by Crippen LogP contribution is 2.19. The summed E-state index contributed by atoms with van der Waals surface area (Å²) in [5.41, 5.74) is 1.76. The van der Waals surface area contributed by atoms with Gasteiger partial charge in [-0.3, -0.25) is 9.59 Å². The van der Waals surface area contributed by atoms with Crippen LogP contribution >= 0.6 is 11.6 Å². The summed E-state index contributed by atoms with van der Waals surface area (Å²) in [6, 6.07) is 14.0. The molecule has 3 aromatic rings. The normalized spacial score (nSPS) is 10.4. The van der Waals surface area contributed by atoms with Crippen molar-refractivity contribution in [2.24, 2.45) is 0 Å². The predicted molar refractivity (Wildman–Crippen MR) is 107 cm³/mol. The predicted octanol–water partition coefficient (Wildman–Crippen LogP) is 3.29. The van der Waals surface area contributed by atoms with Gasteiger partial charge in [-0.25, -0.2) is 4.68 Å². The number of carbonyl (C=O) groups excluding carboxylic acids is 2. The molecule has 3 rings (SSSR count). The van der Waals surface area contributed by atoms with Crippen LogP contribution in [0.15, 0.2) is 60.9 Å². The number of ether oxygens (including phenoxy) is 1. The SMILES string of the molecule is CCNC(=O)COc1cccc(NC(=O)c2cnn(-c3ccc(Cl)cc3)c2)c1. The first-order valence-electron chi connectivity index (χ1n) is 8.66. The molecule has 144 valence electrons. The summed E-state index contributed by atoms with van der Waals surface area (Å²) < 4.78 is 7.02. The first-order valence-corrected chi connectivity index (χ1v) is 9.04. The summed E-state index contributed by atoms with van der Waals surface area (Å²) in [5.74, 6) is -0.0199. The Morgan fingerprint density at radius 2 is 1.96 bits per heavy atom. The zero-order valence-corrected chi connectivity index (χ0v) is 15.9. The average Bonchev–Trinajstić information content (AvgIpc) is 3.18. The smallest absolute Gasteiger partial charge is 0.258 e. The van der Waals surface area contributed by atoms with Crippen molar-refractivity contribution in [2.75, 3.05) is 18.5 Å². The molecule has 0 saturated heterocycles. The molecule has 28 heavy (non-hydrogen) atoms. The lowest BCUT2D eigenvalue weighted by molar-refractivity contribution is -0.122. The third-order valence-electron chi connectivity index (χ3n) is 3.77. The van der Waals surface area contributed by atoms with Gasteiger partial charge in [0.2, 0.25) is 0 Å². The second-order valence-electron chi connectivity index (χ2n) is 5.87. The minimum atomic E-state index is -0.305. The van der Waals surface area contributed by atoms with E-state index in [1.165, 1.54) is 6.20 Å². The quantitative estimate of drug-likeness (QED) is 0.639. The van der Waals surface area contributed by atoms with Crippen molar-refractivity contribution in [3.05, 3.63) is 71.5 Å². The van der Waals surface area contributed by atoms with Crippen LogP contribution in [0.4, 0.5) is 5.69 Å². The van der Waals surface area contributed by atoms with Crippen molar-refractivity contribution in [1.82, 2.24) is 15.1 Å². The monoisotopic (exact) mass is 398 g/mol. The Morgan fingerprint density at radius 3 is 2.71 bits per heavy atom. The fourth-order valence-electron chi connectivity index (χ4n) is 2.44. The van der Waals surface area contributed by atoms with E-state index in [0.717, 1.165) is 5.69 Å². The van der Waals surface area contributed by atoms with E-state index in [0.29, 0.717) is 28.6 Å². The molecule has 0 aliphatic heterocycles. The third-order valence-corrected chi connectivity index (χ3v) is 4.02. The number of carbonyl (C=O) groups is 2. The molecule has 7 nitrogen and oxygen atoms in total. The van der Waals surface area contributed by atoms with E-state index in [-0.39, 0.29) is 18.4 Å². The van der Waals surface area contributed by atoms with Crippen LogP contribution in [-0.2, 0) is 4.79 Å². The first kappa shape index (κ1) is 19.4. The molecule has 0 aliphatic rings. The highest BCUT2D eigenvalue weighted by Gasteiger charge is 2.11. The van der Waals surface area contributed by atoms with Gasteiger partial charge >= 0.3 is 0 Å². The lowest BCUT2D eigenvalue weighted by Gasteiger charge is -2.08. The molecule has 8 heteroatoms. The van der Waals surface area contributed by atoms with Crippen LogP contribution in [0.3, 0.4) is 0 Å². The number of nitrogens with one attached hydrogen (secondary N) is 2. The lowest BCUT2D eigenvalue weighted by Crippen LogP contribution is -2.28. The summed E-state index contributed by atoms with van der Waals surface area (Å²) in [6.07, 6.45) is 3.12. The van der Waals surface area contributed by atoms with Crippen molar-refractivity contribution in [1.29, 1.82) is 0 Å². The van der Waals surface area contributed by atoms with Gasteiger partial charge in [0, 0.05) is 29.5 Å². The van der Waals surface area contributed by atoms with Gasteiger partial charge < -0.3 is 15.4 Å². The highest BCUT2D eigenvalue weighted by molar-refractivity contribution is 6.30. The van der Waals surface area contributed by atoms with Gasteiger partial charge in [-0.2, -0.15) is 5.10 Å². The molecule has 0 radical (unpaired) electrons. The Bertz CT molecular complexity index is 970. The summed E-state index contributed by atoms with van der Waals surface area (Å²) >= 11 is 5.89. The number of benzene rings is 2. The van der Waals surface area contributed by atoms with E-state index >= 15 is 0 Å². The Labute approximate surface area is 167 Å². The van der Waals surface area contributed by atoms with Crippen molar-refractivity contribution >= 4 is 29.1 Å². The maximum absolute atomic E-state index is 12.5. The molecule has 0 atom stereocenters. The molecule has 2 N–H and O–H groups in total. The molecule has 2 aromatic carbocycles. The largest absolute Gasteiger partial charge is 0.484 e. The molecular formula is C20H19ClN4O3. The standard InChI is InChI=1S/C20H19ClN4O3/c1-2-22-19(26)13-28-18-5-3-4-16(10-18)24-20(27)14-11-23-25(12-14)17-8-6-15(21)7-9-17/h3-12H,2,13H2,1H3,(H,22,26)(H,24,27). The van der Waals surface area contributed by atoms with Gasteiger partial charge in [0.1, 0.15) is 5.75 Å². The summed E-state index contributed by atoms with van der Waals surface area (Å²) in [6.45, 7) is 2.30. The fraction of sp³-hybridized carbons (Fsp3) is 0.150. The summed E-state index contributed by atoms with van der Waals surface area (Å²) in [7, 11) is 0. The summed E-state index contributed by atoms with van der Waals surface area (Å²) in [4.78, 5) is 24.0. The average molecular weight is 399 g/mol. The van der Waals surface area contributed by atoms with Crippen LogP contribution in [0.25, 0.3) is 5.69 Å². The Morgan fingerprint density at radius 1 is 1.18 bits per heavy atom. The van der Waals surface area contributed by atoms with E-state index in [4.69, 9.17) is 16.3 Å². The number of anilines is 1. The number of amides is 2. The molecule has 0 spiro atoms. The molecule has 2 amide bonds. The second kappa shape index (κ2) is 9.05. The van der Waals surface area contributed by atoms with Crippen molar-refractivity contribution in [3.63, 3.8) is 0 Å². The molecule has 0 bridgehead atoms. The van der Waals surface area contributed by atoms with E-state index in [9.17, 15) is 9.59 Å². The molecule has 0 fully saturated rings. The fourth-order valence-corrected chi connectivity index (χ4v) is 2.57. The number of halogens is 1. The minimum Gasteiger partial charge on any atom is -0.484 e.